The summed E-state index contributed by atoms with van der Waals surface area (Å²) in [6.07, 6.45) is 5.39. The first-order valence-corrected chi connectivity index (χ1v) is 15.3. The third-order valence-corrected chi connectivity index (χ3v) is 9.65. The SMILES string of the molecule is CCOCCC(CC)Cn1c(C(C)(C)CC)nc2cc(S(=O)N3CCCC(c4ccccc4)C3)ccc21. The standard InChI is InChI=1S/C31H45N3O2S/c1-6-24(18-20-36-8-3)22-34-29-17-16-27(21-28(29)32-30(34)31(4,5)7-2)37(35)33-19-12-15-26(23-33)25-13-10-9-11-14-25/h9-11,13-14,16-17,21,24,26H,6-8,12,15,18-20,22-23H2,1-5H3. The van der Waals surface area contributed by atoms with E-state index in [1.807, 2.05) is 0 Å². The summed E-state index contributed by atoms with van der Waals surface area (Å²) >= 11 is 0. The molecule has 37 heavy (non-hydrogen) atoms. The van der Waals surface area contributed by atoms with Crippen molar-refractivity contribution in [3.05, 3.63) is 59.9 Å². The van der Waals surface area contributed by atoms with E-state index in [1.54, 1.807) is 0 Å². The summed E-state index contributed by atoms with van der Waals surface area (Å²) in [5, 5.41) is 0. The van der Waals surface area contributed by atoms with E-state index in [4.69, 9.17) is 9.72 Å². The van der Waals surface area contributed by atoms with E-state index < -0.39 is 11.0 Å². The number of ether oxygens (including phenoxy) is 1. The molecular weight excluding hydrogens is 478 g/mol. The molecule has 1 saturated heterocycles. The third kappa shape index (κ3) is 6.52. The van der Waals surface area contributed by atoms with Gasteiger partial charge in [0, 0.05) is 38.3 Å². The van der Waals surface area contributed by atoms with E-state index in [1.165, 1.54) is 5.56 Å². The highest BCUT2D eigenvalue weighted by atomic mass is 32.2. The molecule has 1 aliphatic rings. The maximum absolute atomic E-state index is 13.7. The highest BCUT2D eigenvalue weighted by Crippen LogP contribution is 2.33. The van der Waals surface area contributed by atoms with Crippen LogP contribution in [0, 0.1) is 5.92 Å². The van der Waals surface area contributed by atoms with Crippen LogP contribution in [0.4, 0.5) is 0 Å². The average Bonchev–Trinajstić information content (AvgIpc) is 3.31. The maximum atomic E-state index is 13.7. The van der Waals surface area contributed by atoms with Gasteiger partial charge in [-0.3, -0.25) is 0 Å². The molecule has 4 rings (SSSR count). The normalized spacial score (nSPS) is 18.8. The van der Waals surface area contributed by atoms with Crippen LogP contribution < -0.4 is 0 Å². The Morgan fingerprint density at radius 1 is 1.14 bits per heavy atom. The lowest BCUT2D eigenvalue weighted by molar-refractivity contribution is 0.128. The Morgan fingerprint density at radius 3 is 2.62 bits per heavy atom. The molecule has 0 amide bonds. The van der Waals surface area contributed by atoms with Gasteiger partial charge in [-0.1, -0.05) is 64.4 Å². The molecule has 1 aromatic heterocycles. The second-order valence-electron chi connectivity index (χ2n) is 11.1. The Morgan fingerprint density at radius 2 is 1.92 bits per heavy atom. The van der Waals surface area contributed by atoms with Gasteiger partial charge in [-0.15, -0.1) is 0 Å². The van der Waals surface area contributed by atoms with Crippen molar-refractivity contribution >= 4 is 22.0 Å². The molecule has 0 bridgehead atoms. The van der Waals surface area contributed by atoms with Crippen molar-refractivity contribution < 1.29 is 8.95 Å². The van der Waals surface area contributed by atoms with Crippen molar-refractivity contribution in [3.8, 4) is 0 Å². The number of benzene rings is 2. The third-order valence-electron chi connectivity index (χ3n) is 8.19. The molecule has 0 aliphatic carbocycles. The summed E-state index contributed by atoms with van der Waals surface area (Å²) < 4.78 is 24.0. The quantitative estimate of drug-likeness (QED) is 0.238. The molecule has 1 fully saturated rings. The molecule has 0 radical (unpaired) electrons. The Kier molecular flexibility index (Phi) is 9.60. The van der Waals surface area contributed by atoms with Gasteiger partial charge in [0.25, 0.3) is 0 Å². The van der Waals surface area contributed by atoms with Gasteiger partial charge in [-0.25, -0.2) is 13.5 Å². The number of rotatable bonds is 12. The van der Waals surface area contributed by atoms with Crippen LogP contribution >= 0.6 is 0 Å². The van der Waals surface area contributed by atoms with Crippen LogP contribution in [0.25, 0.3) is 11.0 Å². The molecule has 3 aromatic rings. The lowest BCUT2D eigenvalue weighted by atomic mass is 9.89. The zero-order valence-corrected chi connectivity index (χ0v) is 24.2. The number of aromatic nitrogens is 2. The predicted molar refractivity (Wildman–Crippen MR) is 154 cm³/mol. The second-order valence-corrected chi connectivity index (χ2v) is 12.6. The summed E-state index contributed by atoms with van der Waals surface area (Å²) in [6, 6.07) is 17.0. The van der Waals surface area contributed by atoms with E-state index in [9.17, 15) is 4.21 Å². The van der Waals surface area contributed by atoms with Crippen LogP contribution in [0.1, 0.15) is 84.0 Å². The van der Waals surface area contributed by atoms with Gasteiger partial charge in [0.15, 0.2) is 0 Å². The minimum Gasteiger partial charge on any atom is -0.382 e. The van der Waals surface area contributed by atoms with Gasteiger partial charge >= 0.3 is 0 Å². The number of imidazole rings is 1. The van der Waals surface area contributed by atoms with Gasteiger partial charge in [-0.2, -0.15) is 0 Å². The summed E-state index contributed by atoms with van der Waals surface area (Å²) in [5.74, 6) is 2.10. The van der Waals surface area contributed by atoms with E-state index in [-0.39, 0.29) is 5.41 Å². The first-order valence-electron chi connectivity index (χ1n) is 14.2. The van der Waals surface area contributed by atoms with Crippen LogP contribution in [0.5, 0.6) is 0 Å². The smallest absolute Gasteiger partial charge is 0.127 e. The monoisotopic (exact) mass is 523 g/mol. The van der Waals surface area contributed by atoms with Crippen LogP contribution in [0.2, 0.25) is 0 Å². The molecule has 0 N–H and O–H groups in total. The molecule has 0 spiro atoms. The second kappa shape index (κ2) is 12.7. The van der Waals surface area contributed by atoms with Crippen molar-refractivity contribution in [1.82, 2.24) is 13.9 Å². The van der Waals surface area contributed by atoms with Crippen LogP contribution in [-0.2, 0) is 27.7 Å². The van der Waals surface area contributed by atoms with Crippen LogP contribution in [0.3, 0.4) is 0 Å². The summed E-state index contributed by atoms with van der Waals surface area (Å²) in [4.78, 5) is 6.03. The summed E-state index contributed by atoms with van der Waals surface area (Å²) in [6.45, 7) is 15.3. The van der Waals surface area contributed by atoms with Crippen molar-refractivity contribution in [1.29, 1.82) is 0 Å². The molecule has 2 heterocycles. The molecule has 3 unspecified atom stereocenters. The molecule has 1 aliphatic heterocycles. The largest absolute Gasteiger partial charge is 0.382 e. The van der Waals surface area contributed by atoms with Crippen LogP contribution in [-0.4, -0.2) is 44.4 Å². The zero-order valence-electron chi connectivity index (χ0n) is 23.4. The number of fused-ring (bicyclic) bond motifs is 1. The Hall–Kier alpha value is -2.02. The summed E-state index contributed by atoms with van der Waals surface area (Å²) in [5.41, 5.74) is 3.41. The fourth-order valence-electron chi connectivity index (χ4n) is 5.39. The Labute approximate surface area is 226 Å². The van der Waals surface area contributed by atoms with Gasteiger partial charge in [0.1, 0.15) is 16.8 Å². The number of nitrogens with zero attached hydrogens (tertiary/aromatic N) is 3. The number of piperidine rings is 1. The van der Waals surface area contributed by atoms with E-state index in [0.717, 1.165) is 86.7 Å². The van der Waals surface area contributed by atoms with Gasteiger partial charge in [0.05, 0.1) is 15.9 Å². The van der Waals surface area contributed by atoms with Gasteiger partial charge < -0.3 is 9.30 Å². The highest BCUT2D eigenvalue weighted by Gasteiger charge is 2.29. The molecule has 3 atom stereocenters. The Bertz CT molecular complexity index is 1170. The number of hydrogen-bond donors (Lipinski definition) is 0. The number of hydrogen-bond acceptors (Lipinski definition) is 3. The molecule has 6 heteroatoms. The molecule has 202 valence electrons. The minimum atomic E-state index is -1.19. The zero-order chi connectivity index (χ0) is 26.4. The predicted octanol–water partition coefficient (Wildman–Crippen LogP) is 7.08. The highest BCUT2D eigenvalue weighted by molar-refractivity contribution is 7.82. The van der Waals surface area contributed by atoms with Gasteiger partial charge in [0.2, 0.25) is 0 Å². The molecular formula is C31H45N3O2S. The van der Waals surface area contributed by atoms with Crippen molar-refractivity contribution in [3.63, 3.8) is 0 Å². The first kappa shape index (κ1) is 28.0. The van der Waals surface area contributed by atoms with E-state index >= 15 is 0 Å². The Balaban J connectivity index is 1.61. The van der Waals surface area contributed by atoms with Crippen LogP contribution in [0.15, 0.2) is 53.4 Å². The molecule has 0 saturated carbocycles. The van der Waals surface area contributed by atoms with Crippen molar-refractivity contribution in [2.75, 3.05) is 26.3 Å². The van der Waals surface area contributed by atoms with Gasteiger partial charge in [-0.05, 0) is 68.2 Å². The van der Waals surface area contributed by atoms with Crippen molar-refractivity contribution in [2.24, 2.45) is 5.92 Å². The maximum Gasteiger partial charge on any atom is 0.127 e. The van der Waals surface area contributed by atoms with E-state index in [2.05, 4.69) is 92.0 Å². The fourth-order valence-corrected chi connectivity index (χ4v) is 6.70. The topological polar surface area (TPSA) is 47.4 Å². The fraction of sp³-hybridized carbons (Fsp3) is 0.581. The van der Waals surface area contributed by atoms with Crippen molar-refractivity contribution in [2.45, 2.75) is 89.5 Å². The summed E-state index contributed by atoms with van der Waals surface area (Å²) in [7, 11) is -1.19. The first-order chi connectivity index (χ1) is 17.9. The lowest BCUT2D eigenvalue weighted by Crippen LogP contribution is -2.35. The molecule has 2 aromatic carbocycles. The lowest BCUT2D eigenvalue weighted by Gasteiger charge is -2.31. The average molecular weight is 524 g/mol. The minimum absolute atomic E-state index is 0.0354. The molecule has 5 nitrogen and oxygen atoms in total. The van der Waals surface area contributed by atoms with E-state index in [0.29, 0.717) is 11.8 Å².